The molecule has 0 heterocycles. The van der Waals surface area contributed by atoms with Crippen molar-refractivity contribution in [3.8, 4) is 0 Å². The Labute approximate surface area is 114 Å². The van der Waals surface area contributed by atoms with Crippen molar-refractivity contribution < 1.29 is 0 Å². The van der Waals surface area contributed by atoms with Gasteiger partial charge in [-0.3, -0.25) is 0 Å². The molecule has 3 fully saturated rings. The summed E-state index contributed by atoms with van der Waals surface area (Å²) in [5.74, 6) is 5.35. The van der Waals surface area contributed by atoms with Crippen molar-refractivity contribution in [2.45, 2.75) is 78.6 Å². The van der Waals surface area contributed by atoms with Crippen LogP contribution in [0.5, 0.6) is 0 Å². The van der Waals surface area contributed by atoms with Crippen molar-refractivity contribution in [3.63, 3.8) is 0 Å². The van der Waals surface area contributed by atoms with E-state index in [1.165, 1.54) is 32.1 Å². The van der Waals surface area contributed by atoms with Crippen molar-refractivity contribution in [1.29, 1.82) is 0 Å². The Hall–Kier alpha value is 0. The summed E-state index contributed by atoms with van der Waals surface area (Å²) in [6.07, 6.45) is 13.9. The minimum atomic E-state index is 0.889. The third-order valence-electron chi connectivity index (χ3n) is 6.54. The van der Waals surface area contributed by atoms with Crippen molar-refractivity contribution in [2.75, 3.05) is 0 Å². The van der Waals surface area contributed by atoms with Crippen molar-refractivity contribution in [3.05, 3.63) is 0 Å². The predicted octanol–water partition coefficient (Wildman–Crippen LogP) is 5.67. The molecule has 3 rings (SSSR count). The van der Waals surface area contributed by atoms with Gasteiger partial charge in [0.25, 0.3) is 0 Å². The summed E-state index contributed by atoms with van der Waals surface area (Å²) < 4.78 is 0. The Bertz CT molecular complexity index is 284. The van der Waals surface area contributed by atoms with Gasteiger partial charge >= 0.3 is 0 Å². The van der Waals surface area contributed by atoms with E-state index in [0.717, 1.165) is 35.0 Å². The van der Waals surface area contributed by atoms with Gasteiger partial charge in [-0.1, -0.05) is 46.5 Å². The molecule has 0 bridgehead atoms. The molecule has 0 aromatic rings. The first-order chi connectivity index (χ1) is 8.61. The van der Waals surface area contributed by atoms with Gasteiger partial charge in [-0.25, -0.2) is 0 Å². The van der Waals surface area contributed by atoms with E-state index in [0.29, 0.717) is 0 Å². The van der Waals surface area contributed by atoms with Crippen LogP contribution in [-0.4, -0.2) is 0 Å². The maximum absolute atomic E-state index is 2.42. The summed E-state index contributed by atoms with van der Waals surface area (Å²) in [5.41, 5.74) is 0.889. The Balaban J connectivity index is 1.22. The van der Waals surface area contributed by atoms with Crippen LogP contribution in [0.1, 0.15) is 78.6 Å². The minimum absolute atomic E-state index is 0.889. The Morgan fingerprint density at radius 3 is 2.28 bits per heavy atom. The largest absolute Gasteiger partial charge is 0.0625 e. The Morgan fingerprint density at radius 2 is 1.67 bits per heavy atom. The quantitative estimate of drug-likeness (QED) is 0.510. The van der Waals surface area contributed by atoms with Crippen LogP contribution >= 0.6 is 0 Å². The zero-order valence-electron chi connectivity index (χ0n) is 12.8. The minimum Gasteiger partial charge on any atom is -0.0625 e. The van der Waals surface area contributed by atoms with Crippen LogP contribution < -0.4 is 0 Å². The van der Waals surface area contributed by atoms with Gasteiger partial charge in [-0.2, -0.15) is 0 Å². The second-order valence-electron chi connectivity index (χ2n) is 8.29. The predicted molar refractivity (Wildman–Crippen MR) is 78.5 cm³/mol. The molecule has 104 valence electrons. The van der Waals surface area contributed by atoms with E-state index < -0.39 is 0 Å². The molecule has 3 aliphatic carbocycles. The van der Waals surface area contributed by atoms with E-state index in [1.807, 2.05) is 0 Å². The number of unbranched alkanes of at least 4 members (excludes halogenated alkanes) is 2. The Kier molecular flexibility index (Phi) is 3.49. The lowest BCUT2D eigenvalue weighted by molar-refractivity contribution is 0.103. The van der Waals surface area contributed by atoms with Crippen LogP contribution in [0.25, 0.3) is 0 Å². The summed E-state index contributed by atoms with van der Waals surface area (Å²) in [6, 6.07) is 0. The van der Waals surface area contributed by atoms with Gasteiger partial charge in [0.15, 0.2) is 0 Å². The molecule has 0 saturated heterocycles. The van der Waals surface area contributed by atoms with Crippen LogP contribution in [0, 0.1) is 35.0 Å². The molecule has 3 unspecified atom stereocenters. The van der Waals surface area contributed by atoms with E-state index in [1.54, 1.807) is 25.7 Å². The maximum atomic E-state index is 2.42. The molecule has 0 N–H and O–H groups in total. The van der Waals surface area contributed by atoms with Gasteiger partial charge in [-0.15, -0.1) is 0 Å². The van der Waals surface area contributed by atoms with Crippen LogP contribution in [0.2, 0.25) is 0 Å². The van der Waals surface area contributed by atoms with Gasteiger partial charge in [-0.05, 0) is 67.1 Å². The van der Waals surface area contributed by atoms with Crippen LogP contribution in [0.3, 0.4) is 0 Å². The lowest BCUT2D eigenvalue weighted by Gasteiger charge is -2.40. The second-order valence-corrected chi connectivity index (χ2v) is 8.29. The summed E-state index contributed by atoms with van der Waals surface area (Å²) >= 11 is 0. The van der Waals surface area contributed by atoms with Gasteiger partial charge in [0.2, 0.25) is 0 Å². The summed E-state index contributed by atoms with van der Waals surface area (Å²) in [6.45, 7) is 7.24. The normalized spacial score (nSPS) is 45.3. The molecule has 0 aliphatic heterocycles. The fraction of sp³-hybridized carbons (Fsp3) is 1.00. The van der Waals surface area contributed by atoms with Crippen molar-refractivity contribution in [1.82, 2.24) is 0 Å². The summed E-state index contributed by atoms with van der Waals surface area (Å²) in [5, 5.41) is 0. The van der Waals surface area contributed by atoms with Crippen LogP contribution in [0.4, 0.5) is 0 Å². The molecule has 3 saturated carbocycles. The zero-order valence-corrected chi connectivity index (χ0v) is 12.8. The number of hydrogen-bond acceptors (Lipinski definition) is 0. The van der Waals surface area contributed by atoms with Gasteiger partial charge in [0, 0.05) is 0 Å². The highest BCUT2D eigenvalue weighted by molar-refractivity contribution is 5.10. The van der Waals surface area contributed by atoms with E-state index in [2.05, 4.69) is 20.8 Å². The molecule has 3 atom stereocenters. The molecule has 0 aromatic carbocycles. The van der Waals surface area contributed by atoms with Crippen LogP contribution in [-0.2, 0) is 0 Å². The summed E-state index contributed by atoms with van der Waals surface area (Å²) in [4.78, 5) is 0. The molecule has 1 spiro atoms. The molecule has 0 radical (unpaired) electrons. The van der Waals surface area contributed by atoms with Crippen molar-refractivity contribution >= 4 is 0 Å². The fourth-order valence-corrected chi connectivity index (χ4v) is 4.57. The molecular weight excluding hydrogens is 216 g/mol. The average molecular weight is 248 g/mol. The monoisotopic (exact) mass is 248 g/mol. The topological polar surface area (TPSA) is 0 Å². The third kappa shape index (κ3) is 2.63. The third-order valence-corrected chi connectivity index (χ3v) is 6.54. The van der Waals surface area contributed by atoms with Gasteiger partial charge < -0.3 is 0 Å². The standard InChI is InChI=1S/C18H32/c1-13(2)16-10-18(11-16)12-17(18)8-6-4-5-7-15-9-14(15)3/h13-17H,4-12H2,1-3H3. The SMILES string of the molecule is CC(C)C1CC2(C1)CC2CCCCCC1CC1C. The lowest BCUT2D eigenvalue weighted by atomic mass is 9.65. The highest BCUT2D eigenvalue weighted by Gasteiger charge is 2.60. The zero-order chi connectivity index (χ0) is 12.8. The molecule has 3 aliphatic rings. The van der Waals surface area contributed by atoms with Crippen molar-refractivity contribution in [2.24, 2.45) is 35.0 Å². The first kappa shape index (κ1) is 13.0. The maximum Gasteiger partial charge on any atom is -0.0261 e. The molecule has 0 nitrogen and oxygen atoms in total. The molecule has 18 heavy (non-hydrogen) atoms. The van der Waals surface area contributed by atoms with Crippen LogP contribution in [0.15, 0.2) is 0 Å². The van der Waals surface area contributed by atoms with Gasteiger partial charge in [0.1, 0.15) is 0 Å². The lowest BCUT2D eigenvalue weighted by Crippen LogP contribution is -2.30. The number of hydrogen-bond donors (Lipinski definition) is 0. The summed E-state index contributed by atoms with van der Waals surface area (Å²) in [7, 11) is 0. The Morgan fingerprint density at radius 1 is 1.00 bits per heavy atom. The molecular formula is C18H32. The highest BCUT2D eigenvalue weighted by Crippen LogP contribution is 2.70. The first-order valence-corrected chi connectivity index (χ1v) is 8.61. The molecule has 0 heteroatoms. The fourth-order valence-electron chi connectivity index (χ4n) is 4.57. The molecule has 0 amide bonds. The smallest absolute Gasteiger partial charge is 0.0261 e. The van der Waals surface area contributed by atoms with E-state index in [-0.39, 0.29) is 0 Å². The first-order valence-electron chi connectivity index (χ1n) is 8.61. The average Bonchev–Trinajstić information content (AvgIpc) is 3.13. The highest BCUT2D eigenvalue weighted by atomic mass is 14.6. The van der Waals surface area contributed by atoms with Gasteiger partial charge in [0.05, 0.1) is 0 Å². The van der Waals surface area contributed by atoms with E-state index >= 15 is 0 Å². The van der Waals surface area contributed by atoms with E-state index in [4.69, 9.17) is 0 Å². The molecule has 0 aromatic heterocycles. The number of rotatable bonds is 7. The second kappa shape index (κ2) is 4.84. The van der Waals surface area contributed by atoms with E-state index in [9.17, 15) is 0 Å².